The van der Waals surface area contributed by atoms with E-state index in [1.165, 1.54) is 0 Å². The predicted molar refractivity (Wildman–Crippen MR) is 74.9 cm³/mol. The van der Waals surface area contributed by atoms with E-state index in [1.807, 2.05) is 18.2 Å². The molecule has 1 aliphatic rings. The Balaban J connectivity index is 1.99. The summed E-state index contributed by atoms with van der Waals surface area (Å²) in [6.45, 7) is 3.80. The summed E-state index contributed by atoms with van der Waals surface area (Å²) in [5, 5.41) is 0. The van der Waals surface area contributed by atoms with Crippen molar-refractivity contribution in [3.63, 3.8) is 0 Å². The summed E-state index contributed by atoms with van der Waals surface area (Å²) in [7, 11) is 1.64. The maximum Gasteiger partial charge on any atom is 0.164 e. The van der Waals surface area contributed by atoms with Gasteiger partial charge in [-0.15, -0.1) is 0 Å². The molecule has 1 aromatic carbocycles. The van der Waals surface area contributed by atoms with Crippen LogP contribution in [0.3, 0.4) is 0 Å². The van der Waals surface area contributed by atoms with E-state index in [0.29, 0.717) is 45.4 Å². The molecule has 0 aliphatic carbocycles. The molecule has 0 radical (unpaired) electrons. The molecule has 0 spiro atoms. The van der Waals surface area contributed by atoms with E-state index in [-0.39, 0.29) is 0 Å². The van der Waals surface area contributed by atoms with Crippen molar-refractivity contribution in [2.75, 3.05) is 46.8 Å². The van der Waals surface area contributed by atoms with Gasteiger partial charge in [0.05, 0.1) is 33.5 Å². The van der Waals surface area contributed by atoms with Crippen LogP contribution >= 0.6 is 0 Å². The first-order valence-corrected chi connectivity index (χ1v) is 6.99. The topological polar surface area (TPSA) is 46.2 Å². The van der Waals surface area contributed by atoms with Crippen molar-refractivity contribution in [1.29, 1.82) is 0 Å². The Bertz CT molecular complexity index is 394. The van der Waals surface area contributed by atoms with Crippen LogP contribution in [-0.2, 0) is 9.47 Å². The van der Waals surface area contributed by atoms with Gasteiger partial charge in [0, 0.05) is 32.1 Å². The van der Waals surface area contributed by atoms with Crippen LogP contribution in [-0.4, -0.2) is 46.8 Å². The van der Waals surface area contributed by atoms with Gasteiger partial charge in [-0.1, -0.05) is 0 Å². The number of methoxy groups -OCH3 is 1. The maximum atomic E-state index is 5.76. The van der Waals surface area contributed by atoms with Gasteiger partial charge in [0.15, 0.2) is 11.5 Å². The molecule has 0 atom stereocenters. The number of fused-ring (bicyclic) bond motifs is 1. The molecule has 5 heteroatoms. The molecule has 0 aromatic heterocycles. The summed E-state index contributed by atoms with van der Waals surface area (Å²) in [4.78, 5) is 0. The molecule has 0 fully saturated rings. The number of hydrogen-bond acceptors (Lipinski definition) is 5. The second kappa shape index (κ2) is 8.66. The van der Waals surface area contributed by atoms with Gasteiger partial charge in [-0.05, 0) is 12.1 Å². The van der Waals surface area contributed by atoms with Crippen LogP contribution in [0.1, 0.15) is 12.8 Å². The minimum atomic E-state index is 0.588. The van der Waals surface area contributed by atoms with E-state index in [4.69, 9.17) is 23.7 Å². The van der Waals surface area contributed by atoms with Gasteiger partial charge < -0.3 is 23.7 Å². The van der Waals surface area contributed by atoms with Crippen LogP contribution in [0.5, 0.6) is 17.2 Å². The molecule has 20 heavy (non-hydrogen) atoms. The first kappa shape index (κ1) is 14.9. The molecule has 0 bridgehead atoms. The fourth-order valence-corrected chi connectivity index (χ4v) is 1.86. The van der Waals surface area contributed by atoms with Crippen LogP contribution in [0.25, 0.3) is 0 Å². The number of ether oxygens (including phenoxy) is 5. The monoisotopic (exact) mass is 282 g/mol. The largest absolute Gasteiger partial charge is 0.497 e. The van der Waals surface area contributed by atoms with Gasteiger partial charge in [0.2, 0.25) is 0 Å². The average Bonchev–Trinajstić information content (AvgIpc) is 2.49. The summed E-state index contributed by atoms with van der Waals surface area (Å²) in [5.74, 6) is 2.21. The minimum absolute atomic E-state index is 0.588. The Morgan fingerprint density at radius 3 is 2.10 bits per heavy atom. The van der Waals surface area contributed by atoms with Gasteiger partial charge in [-0.25, -0.2) is 0 Å². The second-order valence-electron chi connectivity index (χ2n) is 4.44. The molecule has 112 valence electrons. The van der Waals surface area contributed by atoms with Crippen molar-refractivity contribution in [1.82, 2.24) is 0 Å². The van der Waals surface area contributed by atoms with Crippen LogP contribution in [0.15, 0.2) is 18.2 Å². The van der Waals surface area contributed by atoms with Gasteiger partial charge in [-0.3, -0.25) is 0 Å². The van der Waals surface area contributed by atoms with Gasteiger partial charge >= 0.3 is 0 Å². The number of hydrogen-bond donors (Lipinski definition) is 0. The normalized spacial score (nSPS) is 18.1. The molecule has 0 amide bonds. The zero-order valence-corrected chi connectivity index (χ0v) is 11.9. The standard InChI is InChI=1S/C15H22O5/c1-16-13-4-5-14-15(12-13)20-9-3-7-18-11-10-17-6-2-8-19-14/h4-5,12H,2-3,6-11H2,1H3. The van der Waals surface area contributed by atoms with Crippen LogP contribution < -0.4 is 14.2 Å². The molecule has 0 N–H and O–H groups in total. The zero-order valence-electron chi connectivity index (χ0n) is 11.9. The van der Waals surface area contributed by atoms with Crippen molar-refractivity contribution >= 4 is 0 Å². The van der Waals surface area contributed by atoms with E-state index >= 15 is 0 Å². The highest BCUT2D eigenvalue weighted by molar-refractivity contribution is 5.45. The summed E-state index contributed by atoms with van der Waals surface area (Å²) in [6, 6.07) is 5.58. The van der Waals surface area contributed by atoms with E-state index in [2.05, 4.69) is 0 Å². The predicted octanol–water partition coefficient (Wildman–Crippen LogP) is 2.28. The molecule has 0 saturated heterocycles. The lowest BCUT2D eigenvalue weighted by Crippen LogP contribution is -2.11. The average molecular weight is 282 g/mol. The molecular formula is C15H22O5. The summed E-state index contributed by atoms with van der Waals surface area (Å²) in [5.41, 5.74) is 0. The number of rotatable bonds is 1. The lowest BCUT2D eigenvalue weighted by atomic mass is 10.3. The highest BCUT2D eigenvalue weighted by Crippen LogP contribution is 2.31. The van der Waals surface area contributed by atoms with Gasteiger partial charge in [0.25, 0.3) is 0 Å². The lowest BCUT2D eigenvalue weighted by Gasteiger charge is -2.15. The SMILES string of the molecule is COc1ccc2c(c1)OCCCOCCOCCCO2. The van der Waals surface area contributed by atoms with Gasteiger partial charge in [-0.2, -0.15) is 0 Å². The Morgan fingerprint density at radius 1 is 0.800 bits per heavy atom. The van der Waals surface area contributed by atoms with Crippen molar-refractivity contribution < 1.29 is 23.7 Å². The Hall–Kier alpha value is -1.46. The Morgan fingerprint density at radius 2 is 1.45 bits per heavy atom. The van der Waals surface area contributed by atoms with E-state index in [0.717, 1.165) is 24.3 Å². The molecule has 2 rings (SSSR count). The minimum Gasteiger partial charge on any atom is -0.497 e. The van der Waals surface area contributed by atoms with Crippen molar-refractivity contribution in [2.24, 2.45) is 0 Å². The summed E-state index contributed by atoms with van der Waals surface area (Å²) in [6.07, 6.45) is 1.67. The first-order chi connectivity index (χ1) is 9.90. The fraction of sp³-hybridized carbons (Fsp3) is 0.600. The van der Waals surface area contributed by atoms with Crippen LogP contribution in [0.2, 0.25) is 0 Å². The summed E-state index contributed by atoms with van der Waals surface area (Å²) >= 11 is 0. The second-order valence-corrected chi connectivity index (χ2v) is 4.44. The fourth-order valence-electron chi connectivity index (χ4n) is 1.86. The van der Waals surface area contributed by atoms with Crippen molar-refractivity contribution in [2.45, 2.75) is 12.8 Å². The van der Waals surface area contributed by atoms with Crippen LogP contribution in [0.4, 0.5) is 0 Å². The quantitative estimate of drug-likeness (QED) is 0.791. The van der Waals surface area contributed by atoms with E-state index < -0.39 is 0 Å². The molecule has 5 nitrogen and oxygen atoms in total. The molecule has 1 aliphatic heterocycles. The van der Waals surface area contributed by atoms with Crippen molar-refractivity contribution in [3.05, 3.63) is 18.2 Å². The maximum absolute atomic E-state index is 5.76. The van der Waals surface area contributed by atoms with Gasteiger partial charge in [0.1, 0.15) is 5.75 Å². The Labute approximate surface area is 119 Å². The Kier molecular flexibility index (Phi) is 6.47. The third-order valence-electron chi connectivity index (χ3n) is 2.90. The first-order valence-electron chi connectivity index (χ1n) is 6.99. The van der Waals surface area contributed by atoms with E-state index in [9.17, 15) is 0 Å². The molecular weight excluding hydrogens is 260 g/mol. The van der Waals surface area contributed by atoms with E-state index in [1.54, 1.807) is 7.11 Å². The van der Waals surface area contributed by atoms with Crippen molar-refractivity contribution in [3.8, 4) is 17.2 Å². The lowest BCUT2D eigenvalue weighted by molar-refractivity contribution is 0.0380. The molecule has 0 unspecified atom stereocenters. The highest BCUT2D eigenvalue weighted by atomic mass is 16.5. The molecule has 1 aromatic rings. The third-order valence-corrected chi connectivity index (χ3v) is 2.90. The molecule has 0 saturated carbocycles. The smallest absolute Gasteiger partial charge is 0.164 e. The van der Waals surface area contributed by atoms with Crippen LogP contribution in [0, 0.1) is 0 Å². The third kappa shape index (κ3) is 4.90. The zero-order chi connectivity index (χ0) is 14.0. The number of benzene rings is 1. The summed E-state index contributed by atoms with van der Waals surface area (Å²) < 4.78 is 27.6. The highest BCUT2D eigenvalue weighted by Gasteiger charge is 2.08. The molecule has 1 heterocycles.